The van der Waals surface area contributed by atoms with Crippen LogP contribution in [-0.2, 0) is 19.6 Å². The fourth-order valence-electron chi connectivity index (χ4n) is 7.00. The summed E-state index contributed by atoms with van der Waals surface area (Å²) in [5.41, 5.74) is 11.3. The van der Waals surface area contributed by atoms with Crippen LogP contribution in [0.15, 0.2) is 48.5 Å². The van der Waals surface area contributed by atoms with Crippen LogP contribution in [-0.4, -0.2) is 49.2 Å². The summed E-state index contributed by atoms with van der Waals surface area (Å²) in [6.07, 6.45) is 5.56. The van der Waals surface area contributed by atoms with Gasteiger partial charge in [-0.25, -0.2) is 0 Å². The van der Waals surface area contributed by atoms with Crippen LogP contribution in [0.5, 0.6) is 0 Å². The molecular weight excluding hydrogens is 450 g/mol. The van der Waals surface area contributed by atoms with E-state index in [1.165, 1.54) is 89.6 Å². The van der Waals surface area contributed by atoms with E-state index in [2.05, 4.69) is 83.4 Å². The third kappa shape index (κ3) is 8.15. The van der Waals surface area contributed by atoms with Gasteiger partial charge >= 0.3 is 0 Å². The second kappa shape index (κ2) is 13.4. The molecule has 0 amide bonds. The number of rotatable bonds is 8. The summed E-state index contributed by atoms with van der Waals surface area (Å²) in [4.78, 5) is 0. The maximum atomic E-state index is 5.78. The zero-order chi connectivity index (χ0) is 27.1. The number of piperidine rings is 2. The van der Waals surface area contributed by atoms with E-state index >= 15 is 0 Å². The largest absolute Gasteiger partial charge is 0.326 e. The molecule has 2 unspecified atom stereocenters. The molecule has 0 radical (unpaired) electrons. The first kappa shape index (κ1) is 29.9. The van der Waals surface area contributed by atoms with Crippen LogP contribution < -0.4 is 5.73 Å². The molecule has 2 aliphatic rings. The topological polar surface area (TPSA) is 26.0 Å². The van der Waals surface area contributed by atoms with Crippen molar-refractivity contribution in [2.45, 2.75) is 79.9 Å². The van der Waals surface area contributed by atoms with Gasteiger partial charge in [0.25, 0.3) is 0 Å². The number of nitrogens with zero attached hydrogens (tertiary/aromatic N) is 2. The zero-order valence-electron chi connectivity index (χ0n) is 25.2. The summed E-state index contributed by atoms with van der Waals surface area (Å²) in [5, 5.41) is 0. The van der Waals surface area contributed by atoms with E-state index < -0.39 is 0 Å². The van der Waals surface area contributed by atoms with Gasteiger partial charge in [0.1, 0.15) is 13.1 Å². The Bertz CT molecular complexity index is 917. The summed E-state index contributed by atoms with van der Waals surface area (Å²) in [6, 6.07) is 18.2. The van der Waals surface area contributed by atoms with Gasteiger partial charge in [0, 0.05) is 17.7 Å². The first-order valence-electron chi connectivity index (χ1n) is 15.2. The van der Waals surface area contributed by atoms with Gasteiger partial charge in [-0.15, -0.1) is 0 Å². The number of benzene rings is 2. The molecule has 0 aliphatic carbocycles. The Morgan fingerprint density at radius 2 is 0.973 bits per heavy atom. The first-order chi connectivity index (χ1) is 17.7. The van der Waals surface area contributed by atoms with Crippen LogP contribution in [0.25, 0.3) is 0 Å². The lowest BCUT2D eigenvalue weighted by Gasteiger charge is -2.46. The van der Waals surface area contributed by atoms with E-state index in [9.17, 15) is 0 Å². The number of quaternary nitrogens is 2. The predicted octanol–water partition coefficient (Wildman–Crippen LogP) is 7.17. The number of hydrogen-bond acceptors (Lipinski definition) is 1. The molecule has 2 atom stereocenters. The van der Waals surface area contributed by atoms with E-state index in [4.69, 9.17) is 5.73 Å². The van der Waals surface area contributed by atoms with E-state index in [0.29, 0.717) is 6.54 Å². The van der Waals surface area contributed by atoms with Crippen LogP contribution in [0, 0.1) is 30.6 Å². The van der Waals surface area contributed by atoms with Gasteiger partial charge in [-0.1, -0.05) is 81.8 Å². The summed E-state index contributed by atoms with van der Waals surface area (Å²) < 4.78 is 2.41. The summed E-state index contributed by atoms with van der Waals surface area (Å²) in [5.74, 6) is 3.48. The summed E-state index contributed by atoms with van der Waals surface area (Å²) in [7, 11) is 4.95. The fraction of sp³-hybridized carbons (Fsp3) is 0.647. The fourth-order valence-corrected chi connectivity index (χ4v) is 7.00. The van der Waals surface area contributed by atoms with Gasteiger partial charge < -0.3 is 14.7 Å². The molecule has 2 aromatic carbocycles. The molecule has 206 valence electrons. The Labute approximate surface area is 229 Å². The lowest BCUT2D eigenvalue weighted by atomic mass is 9.70. The number of hydrogen-bond donors (Lipinski definition) is 1. The van der Waals surface area contributed by atoms with E-state index in [1.807, 2.05) is 13.8 Å². The average molecular weight is 508 g/mol. The van der Waals surface area contributed by atoms with Crippen molar-refractivity contribution in [1.29, 1.82) is 0 Å². The maximum absolute atomic E-state index is 5.78. The van der Waals surface area contributed by atoms with Crippen molar-refractivity contribution in [2.24, 2.45) is 29.4 Å². The highest BCUT2D eigenvalue weighted by molar-refractivity contribution is 5.22. The van der Waals surface area contributed by atoms with Gasteiger partial charge in [-0.05, 0) is 61.8 Å². The lowest BCUT2D eigenvalue weighted by molar-refractivity contribution is -0.928. The molecule has 3 nitrogen and oxygen atoms in total. The quantitative estimate of drug-likeness (QED) is 0.377. The smallest absolute Gasteiger partial charge is 0.104 e. The predicted molar refractivity (Wildman–Crippen MR) is 160 cm³/mol. The molecule has 2 fully saturated rings. The van der Waals surface area contributed by atoms with Crippen molar-refractivity contribution in [2.75, 3.05) is 40.3 Å². The second-order valence-electron chi connectivity index (χ2n) is 12.8. The highest BCUT2D eigenvalue weighted by atomic mass is 15.3. The molecular formula is C34H57N3+2. The molecule has 37 heavy (non-hydrogen) atoms. The Kier molecular flexibility index (Phi) is 10.8. The Morgan fingerprint density at radius 1 is 0.649 bits per heavy atom. The Balaban J connectivity index is 0.00000186. The minimum atomic E-state index is 0.635. The molecule has 2 saturated heterocycles. The zero-order valence-corrected chi connectivity index (χ0v) is 25.2. The Hall–Kier alpha value is -1.68. The summed E-state index contributed by atoms with van der Waals surface area (Å²) >= 11 is 0. The molecule has 0 aromatic heterocycles. The molecule has 2 aliphatic heterocycles. The van der Waals surface area contributed by atoms with Gasteiger partial charge in [-0.2, -0.15) is 0 Å². The molecule has 4 rings (SSSR count). The molecule has 3 heteroatoms. The van der Waals surface area contributed by atoms with E-state index in [1.54, 1.807) is 0 Å². The maximum Gasteiger partial charge on any atom is 0.104 e. The molecule has 2 aromatic rings. The van der Waals surface area contributed by atoms with Crippen molar-refractivity contribution < 1.29 is 8.97 Å². The minimum absolute atomic E-state index is 0.635. The van der Waals surface area contributed by atoms with Crippen LogP contribution in [0.2, 0.25) is 0 Å². The highest BCUT2D eigenvalue weighted by Gasteiger charge is 2.39. The summed E-state index contributed by atoms with van der Waals surface area (Å²) in [6.45, 7) is 19.6. The van der Waals surface area contributed by atoms with Gasteiger partial charge in [0.2, 0.25) is 0 Å². The van der Waals surface area contributed by atoms with E-state index in [0.717, 1.165) is 30.2 Å². The van der Waals surface area contributed by atoms with Crippen LogP contribution in [0.1, 0.15) is 75.6 Å². The van der Waals surface area contributed by atoms with Crippen molar-refractivity contribution in [3.8, 4) is 0 Å². The van der Waals surface area contributed by atoms with Crippen molar-refractivity contribution in [3.05, 3.63) is 70.8 Å². The van der Waals surface area contributed by atoms with Gasteiger partial charge in [-0.3, -0.25) is 0 Å². The van der Waals surface area contributed by atoms with Crippen molar-refractivity contribution in [1.82, 2.24) is 0 Å². The molecule has 0 bridgehead atoms. The highest BCUT2D eigenvalue weighted by Crippen LogP contribution is 2.39. The third-order valence-electron chi connectivity index (χ3n) is 9.98. The molecule has 2 N–H and O–H groups in total. The lowest BCUT2D eigenvalue weighted by Crippen LogP contribution is -2.51. The third-order valence-corrected chi connectivity index (χ3v) is 9.98. The molecule has 0 saturated carbocycles. The molecule has 0 spiro atoms. The normalized spacial score (nSPS) is 29.6. The second-order valence-corrected chi connectivity index (χ2v) is 12.8. The average Bonchev–Trinajstić information content (AvgIpc) is 2.91. The monoisotopic (exact) mass is 507 g/mol. The van der Waals surface area contributed by atoms with Crippen molar-refractivity contribution >= 4 is 0 Å². The number of aryl methyl sites for hydroxylation is 1. The van der Waals surface area contributed by atoms with Crippen molar-refractivity contribution in [3.63, 3.8) is 0 Å². The first-order valence-corrected chi connectivity index (χ1v) is 15.2. The standard InChI is InChI=1S/C32H51N3.C2H6/c1-25-6-8-29(9-7-25)23-34(4)18-14-31(15-19-34)26(2)27(3)32-16-20-35(5,21-17-32)24-30-12-10-28(22-33)11-13-30;1-2/h6-13,26-27,31-32H,14-24,33H2,1-5H3;1-2H3/q+2;. The van der Waals surface area contributed by atoms with Crippen LogP contribution in [0.4, 0.5) is 0 Å². The van der Waals surface area contributed by atoms with E-state index in [-0.39, 0.29) is 0 Å². The number of likely N-dealkylation sites (tertiary alicyclic amines) is 2. The van der Waals surface area contributed by atoms with Gasteiger partial charge in [0.05, 0.1) is 40.3 Å². The molecule has 2 heterocycles. The minimum Gasteiger partial charge on any atom is -0.326 e. The van der Waals surface area contributed by atoms with Crippen LogP contribution >= 0.6 is 0 Å². The SMILES string of the molecule is CC.Cc1ccc(C[N+]2(C)CCC(C(C)C(C)C3CC[N+](C)(Cc4ccc(CN)cc4)CC3)CC2)cc1. The Morgan fingerprint density at radius 3 is 1.32 bits per heavy atom. The number of nitrogens with two attached hydrogens (primary N) is 1. The van der Waals surface area contributed by atoms with Crippen LogP contribution in [0.3, 0.4) is 0 Å². The van der Waals surface area contributed by atoms with Gasteiger partial charge in [0.15, 0.2) is 0 Å².